The highest BCUT2D eigenvalue weighted by atomic mass is 16.3. The molecule has 4 nitrogen and oxygen atoms in total. The Morgan fingerprint density at radius 1 is 1.18 bits per heavy atom. The van der Waals surface area contributed by atoms with Gasteiger partial charge < -0.3 is 10.0 Å². The fourth-order valence-electron chi connectivity index (χ4n) is 2.89. The number of carbonyl (C=O) groups excluding carboxylic acids is 1. The van der Waals surface area contributed by atoms with Crippen LogP contribution in [0.4, 0.5) is 0 Å². The zero-order valence-corrected chi connectivity index (χ0v) is 13.6. The summed E-state index contributed by atoms with van der Waals surface area (Å²) in [5, 5.41) is 10.2. The molecular formula is C18H28N2O2. The molecule has 0 aromatic heterocycles. The topological polar surface area (TPSA) is 43.8 Å². The number of benzene rings is 1. The van der Waals surface area contributed by atoms with E-state index in [9.17, 15) is 9.90 Å². The molecule has 1 aromatic rings. The van der Waals surface area contributed by atoms with E-state index in [1.165, 1.54) is 25.7 Å². The number of aliphatic hydroxyl groups excluding tert-OH is 1. The Labute approximate surface area is 133 Å². The van der Waals surface area contributed by atoms with Gasteiger partial charge in [0.2, 0.25) is 5.91 Å². The van der Waals surface area contributed by atoms with Gasteiger partial charge in [0.15, 0.2) is 0 Å². The summed E-state index contributed by atoms with van der Waals surface area (Å²) in [4.78, 5) is 16.3. The Bertz CT molecular complexity index is 442. The van der Waals surface area contributed by atoms with Crippen LogP contribution in [0.5, 0.6) is 0 Å². The third-order valence-electron chi connectivity index (χ3n) is 4.41. The summed E-state index contributed by atoms with van der Waals surface area (Å²) in [6, 6.07) is 9.63. The first-order valence-corrected chi connectivity index (χ1v) is 8.36. The number of nitrogens with zero attached hydrogens (tertiary/aromatic N) is 2. The van der Waals surface area contributed by atoms with Crippen molar-refractivity contribution in [1.82, 2.24) is 9.80 Å². The van der Waals surface area contributed by atoms with Gasteiger partial charge in [0, 0.05) is 13.6 Å². The molecule has 4 heteroatoms. The van der Waals surface area contributed by atoms with Crippen LogP contribution in [0.15, 0.2) is 30.3 Å². The van der Waals surface area contributed by atoms with Crippen molar-refractivity contribution >= 4 is 5.91 Å². The Balaban J connectivity index is 1.74. The molecule has 1 unspecified atom stereocenters. The zero-order valence-electron chi connectivity index (χ0n) is 13.6. The second kappa shape index (κ2) is 8.91. The molecule has 2 rings (SSSR count). The standard InChI is InChI=1S/C18H28N2O2/c1-19(14-11-17(21)16-9-5-4-6-10-16)18(22)15-20-12-7-2-3-8-13-20/h4-6,9-10,17,21H,2-3,7-8,11-15H2,1H3. The minimum Gasteiger partial charge on any atom is -0.388 e. The van der Waals surface area contributed by atoms with Crippen LogP contribution in [0.1, 0.15) is 43.8 Å². The molecular weight excluding hydrogens is 276 g/mol. The summed E-state index contributed by atoms with van der Waals surface area (Å²) >= 11 is 0. The average molecular weight is 304 g/mol. The summed E-state index contributed by atoms with van der Waals surface area (Å²) in [5.74, 6) is 0.155. The molecule has 0 radical (unpaired) electrons. The van der Waals surface area contributed by atoms with Crippen molar-refractivity contribution in [2.45, 2.75) is 38.2 Å². The van der Waals surface area contributed by atoms with Crippen LogP contribution in [0.2, 0.25) is 0 Å². The minimum atomic E-state index is -0.505. The Kier molecular flexibility index (Phi) is 6.87. The number of likely N-dealkylation sites (N-methyl/N-ethyl adjacent to an activating group) is 1. The molecule has 1 saturated heterocycles. The van der Waals surface area contributed by atoms with E-state index in [4.69, 9.17) is 0 Å². The maximum Gasteiger partial charge on any atom is 0.236 e. The number of rotatable bonds is 6. The van der Waals surface area contributed by atoms with E-state index < -0.39 is 6.10 Å². The zero-order chi connectivity index (χ0) is 15.8. The first-order chi connectivity index (χ1) is 10.7. The van der Waals surface area contributed by atoms with Crippen molar-refractivity contribution in [3.05, 3.63) is 35.9 Å². The Morgan fingerprint density at radius 3 is 2.45 bits per heavy atom. The second-order valence-corrected chi connectivity index (χ2v) is 6.22. The van der Waals surface area contributed by atoms with Crippen molar-refractivity contribution in [3.8, 4) is 0 Å². The predicted octanol–water partition coefficient (Wildman–Crippen LogP) is 2.44. The van der Waals surface area contributed by atoms with Crippen molar-refractivity contribution in [1.29, 1.82) is 0 Å². The number of likely N-dealkylation sites (tertiary alicyclic amines) is 1. The lowest BCUT2D eigenvalue weighted by atomic mass is 10.1. The quantitative estimate of drug-likeness (QED) is 0.878. The number of amides is 1. The summed E-state index contributed by atoms with van der Waals surface area (Å²) in [5.41, 5.74) is 0.913. The third-order valence-corrected chi connectivity index (χ3v) is 4.41. The van der Waals surface area contributed by atoms with Gasteiger partial charge in [-0.05, 0) is 37.9 Å². The first-order valence-electron chi connectivity index (χ1n) is 8.36. The lowest BCUT2D eigenvalue weighted by Gasteiger charge is -2.24. The van der Waals surface area contributed by atoms with Crippen molar-refractivity contribution in [3.63, 3.8) is 0 Å². The van der Waals surface area contributed by atoms with Crippen LogP contribution >= 0.6 is 0 Å². The molecule has 0 saturated carbocycles. The molecule has 1 N–H and O–H groups in total. The fourth-order valence-corrected chi connectivity index (χ4v) is 2.89. The predicted molar refractivity (Wildman–Crippen MR) is 88.6 cm³/mol. The molecule has 0 spiro atoms. The molecule has 1 amide bonds. The largest absolute Gasteiger partial charge is 0.388 e. The smallest absolute Gasteiger partial charge is 0.236 e. The molecule has 1 aromatic carbocycles. The third kappa shape index (κ3) is 5.43. The van der Waals surface area contributed by atoms with Crippen LogP contribution < -0.4 is 0 Å². The molecule has 1 fully saturated rings. The van der Waals surface area contributed by atoms with E-state index in [1.54, 1.807) is 4.90 Å². The summed E-state index contributed by atoms with van der Waals surface area (Å²) in [6.45, 7) is 3.17. The Hall–Kier alpha value is -1.39. The molecule has 1 aliphatic rings. The van der Waals surface area contributed by atoms with Gasteiger partial charge in [-0.25, -0.2) is 0 Å². The van der Waals surface area contributed by atoms with Crippen LogP contribution in [0.3, 0.4) is 0 Å². The van der Waals surface area contributed by atoms with E-state index in [0.717, 1.165) is 18.7 Å². The van der Waals surface area contributed by atoms with Crippen LogP contribution in [-0.2, 0) is 4.79 Å². The lowest BCUT2D eigenvalue weighted by Crippen LogP contribution is -2.39. The summed E-state index contributed by atoms with van der Waals surface area (Å²) in [7, 11) is 1.83. The van der Waals surface area contributed by atoms with Gasteiger partial charge in [-0.1, -0.05) is 43.2 Å². The van der Waals surface area contributed by atoms with Gasteiger partial charge in [0.05, 0.1) is 12.6 Å². The highest BCUT2D eigenvalue weighted by molar-refractivity contribution is 5.77. The van der Waals surface area contributed by atoms with Crippen LogP contribution in [0, 0.1) is 0 Å². The average Bonchev–Trinajstić information content (AvgIpc) is 2.81. The monoisotopic (exact) mass is 304 g/mol. The SMILES string of the molecule is CN(CCC(O)c1ccccc1)C(=O)CN1CCCCCC1. The first kappa shape index (κ1) is 17.0. The number of hydrogen-bond donors (Lipinski definition) is 1. The molecule has 1 aliphatic heterocycles. The number of aliphatic hydroxyl groups is 1. The normalized spacial score (nSPS) is 17.7. The van der Waals surface area contributed by atoms with Gasteiger partial charge in [0.25, 0.3) is 0 Å². The lowest BCUT2D eigenvalue weighted by molar-refractivity contribution is -0.131. The fraction of sp³-hybridized carbons (Fsp3) is 0.611. The number of carbonyl (C=O) groups is 1. The van der Waals surface area contributed by atoms with E-state index in [-0.39, 0.29) is 5.91 Å². The van der Waals surface area contributed by atoms with E-state index in [0.29, 0.717) is 19.5 Å². The highest BCUT2D eigenvalue weighted by Crippen LogP contribution is 2.16. The molecule has 22 heavy (non-hydrogen) atoms. The van der Waals surface area contributed by atoms with Crippen LogP contribution in [-0.4, -0.2) is 54.0 Å². The van der Waals surface area contributed by atoms with Gasteiger partial charge in [-0.15, -0.1) is 0 Å². The molecule has 122 valence electrons. The van der Waals surface area contributed by atoms with E-state index in [1.807, 2.05) is 37.4 Å². The second-order valence-electron chi connectivity index (χ2n) is 6.22. The maximum absolute atomic E-state index is 12.3. The van der Waals surface area contributed by atoms with Crippen molar-refractivity contribution in [2.75, 3.05) is 33.2 Å². The molecule has 1 heterocycles. The van der Waals surface area contributed by atoms with Gasteiger partial charge in [-0.2, -0.15) is 0 Å². The highest BCUT2D eigenvalue weighted by Gasteiger charge is 2.17. The van der Waals surface area contributed by atoms with Crippen molar-refractivity contribution in [2.24, 2.45) is 0 Å². The minimum absolute atomic E-state index is 0.155. The van der Waals surface area contributed by atoms with Crippen LogP contribution in [0.25, 0.3) is 0 Å². The van der Waals surface area contributed by atoms with Gasteiger partial charge >= 0.3 is 0 Å². The summed E-state index contributed by atoms with van der Waals surface area (Å²) < 4.78 is 0. The van der Waals surface area contributed by atoms with E-state index >= 15 is 0 Å². The van der Waals surface area contributed by atoms with Crippen molar-refractivity contribution < 1.29 is 9.90 Å². The molecule has 0 bridgehead atoms. The molecule has 1 atom stereocenters. The maximum atomic E-state index is 12.3. The van der Waals surface area contributed by atoms with Gasteiger partial charge in [0.1, 0.15) is 0 Å². The number of hydrogen-bond acceptors (Lipinski definition) is 3. The van der Waals surface area contributed by atoms with E-state index in [2.05, 4.69) is 4.90 Å². The summed E-state index contributed by atoms with van der Waals surface area (Å²) in [6.07, 6.45) is 5.03. The van der Waals surface area contributed by atoms with Gasteiger partial charge in [-0.3, -0.25) is 9.69 Å². The Morgan fingerprint density at radius 2 is 1.82 bits per heavy atom. The molecule has 0 aliphatic carbocycles.